The largest absolute Gasteiger partial charge is 0.354 e. The van der Waals surface area contributed by atoms with Crippen LogP contribution in [0.1, 0.15) is 48.8 Å². The molecule has 162 valence electrons. The number of benzene rings is 2. The van der Waals surface area contributed by atoms with Crippen molar-refractivity contribution >= 4 is 22.7 Å². The Morgan fingerprint density at radius 1 is 1.15 bits per heavy atom. The Kier molecular flexibility index (Phi) is 4.25. The van der Waals surface area contributed by atoms with E-state index in [0.717, 1.165) is 23.2 Å². The first-order valence-corrected chi connectivity index (χ1v) is 11.5. The van der Waals surface area contributed by atoms with E-state index in [0.29, 0.717) is 0 Å². The predicted molar refractivity (Wildman–Crippen MR) is 139 cm³/mol. The van der Waals surface area contributed by atoms with Crippen molar-refractivity contribution in [1.29, 1.82) is 0 Å². The van der Waals surface area contributed by atoms with Crippen LogP contribution in [0.4, 0.5) is 0 Å². The molecule has 0 saturated carbocycles. The number of aromatic amines is 1. The zero-order valence-corrected chi connectivity index (χ0v) is 19.3. The molecule has 2 aromatic heterocycles. The summed E-state index contributed by atoms with van der Waals surface area (Å²) in [6.07, 6.45) is 11.1. The quantitative estimate of drug-likeness (QED) is 0.331. The molecule has 0 unspecified atom stereocenters. The number of H-pyrrole nitrogens is 1. The molecular weight excluding hydrogens is 402 g/mol. The summed E-state index contributed by atoms with van der Waals surface area (Å²) in [5, 5.41) is 1.26. The van der Waals surface area contributed by atoms with Gasteiger partial charge in [0.1, 0.15) is 0 Å². The van der Waals surface area contributed by atoms with E-state index in [4.69, 9.17) is 0 Å². The Morgan fingerprint density at radius 3 is 2.82 bits per heavy atom. The lowest BCUT2D eigenvalue weighted by Crippen LogP contribution is -2.15. The lowest BCUT2D eigenvalue weighted by Gasteiger charge is -2.18. The van der Waals surface area contributed by atoms with Crippen LogP contribution < -0.4 is 0 Å². The number of fused-ring (bicyclic) bond motifs is 9. The van der Waals surface area contributed by atoms with Crippen molar-refractivity contribution in [1.82, 2.24) is 9.55 Å². The van der Waals surface area contributed by atoms with Gasteiger partial charge < -0.3 is 9.55 Å². The molecule has 33 heavy (non-hydrogen) atoms. The van der Waals surface area contributed by atoms with Crippen LogP contribution in [-0.2, 0) is 11.8 Å². The Labute approximate surface area is 194 Å². The summed E-state index contributed by atoms with van der Waals surface area (Å²) < 4.78 is 2.45. The molecule has 6 rings (SSSR count). The first-order chi connectivity index (χ1) is 16.0. The molecule has 4 aromatic rings. The van der Waals surface area contributed by atoms with E-state index in [1.807, 2.05) is 19.1 Å². The molecule has 3 heteroatoms. The fourth-order valence-electron chi connectivity index (χ4n) is 5.55. The molecule has 0 fully saturated rings. The van der Waals surface area contributed by atoms with E-state index in [-0.39, 0.29) is 5.41 Å². The smallest absolute Gasteiger partial charge is 0.0698 e. The number of hydrogen-bond acceptors (Lipinski definition) is 1. The van der Waals surface area contributed by atoms with E-state index in [1.54, 1.807) is 6.20 Å². The molecule has 1 N–H and O–H groups in total. The third kappa shape index (κ3) is 2.72. The van der Waals surface area contributed by atoms with Crippen molar-refractivity contribution in [2.75, 3.05) is 0 Å². The van der Waals surface area contributed by atoms with Crippen molar-refractivity contribution in [3.05, 3.63) is 108 Å². The normalized spacial score (nSPS) is 15.9. The number of aromatic nitrogens is 2. The first-order valence-electron chi connectivity index (χ1n) is 11.5. The highest BCUT2D eigenvalue weighted by molar-refractivity contribution is 6.11. The number of hydrogen-bond donors (Lipinski definition) is 1. The van der Waals surface area contributed by atoms with Crippen molar-refractivity contribution in [2.45, 2.75) is 32.6 Å². The van der Waals surface area contributed by atoms with E-state index >= 15 is 0 Å². The summed E-state index contributed by atoms with van der Waals surface area (Å²) in [7, 11) is 0. The van der Waals surface area contributed by atoms with Crippen molar-refractivity contribution in [3.63, 3.8) is 0 Å². The summed E-state index contributed by atoms with van der Waals surface area (Å²) in [6.45, 7) is 10.4. The minimum atomic E-state index is -0.0292. The topological polar surface area (TPSA) is 33.1 Å². The van der Waals surface area contributed by atoms with E-state index < -0.39 is 0 Å². The van der Waals surface area contributed by atoms with Gasteiger partial charge in [0, 0.05) is 45.0 Å². The van der Waals surface area contributed by atoms with Crippen molar-refractivity contribution in [3.8, 4) is 16.9 Å². The Bertz CT molecular complexity index is 1530. The molecule has 2 aromatic carbocycles. The highest BCUT2D eigenvalue weighted by Gasteiger charge is 2.38. The zero-order chi connectivity index (χ0) is 22.7. The molecule has 0 amide bonds. The van der Waals surface area contributed by atoms with Crippen molar-refractivity contribution in [2.24, 2.45) is 4.99 Å². The average Bonchev–Trinajstić information content (AvgIpc) is 3.39. The van der Waals surface area contributed by atoms with Gasteiger partial charge >= 0.3 is 0 Å². The number of nitrogens with one attached hydrogen (secondary N) is 1. The maximum absolute atomic E-state index is 4.48. The maximum Gasteiger partial charge on any atom is 0.0698 e. The Morgan fingerprint density at radius 2 is 2.00 bits per heavy atom. The van der Waals surface area contributed by atoms with Crippen LogP contribution in [-0.4, -0.2) is 15.3 Å². The number of para-hydroxylation sites is 1. The summed E-state index contributed by atoms with van der Waals surface area (Å²) in [4.78, 5) is 8.23. The minimum Gasteiger partial charge on any atom is -0.354 e. The number of aliphatic imine (C=N–C) groups is 1. The molecule has 3 heterocycles. The fourth-order valence-corrected chi connectivity index (χ4v) is 5.55. The Balaban J connectivity index is 1.59. The summed E-state index contributed by atoms with van der Waals surface area (Å²) in [5.74, 6) is 0. The molecule has 0 saturated heterocycles. The minimum absolute atomic E-state index is 0.0292. The highest BCUT2D eigenvalue weighted by Crippen LogP contribution is 2.48. The molecule has 1 aliphatic carbocycles. The second-order valence-electron chi connectivity index (χ2n) is 9.35. The summed E-state index contributed by atoms with van der Waals surface area (Å²) in [5.41, 5.74) is 12.3. The SMILES string of the molecule is C=CN=C(/C=C\C)c1ccc2[nH]c3c(c2c1)CC=Cc1c-3cc2n1-c1ccccc1C2(C)C. The molecule has 3 nitrogen and oxygen atoms in total. The van der Waals surface area contributed by atoms with Gasteiger partial charge in [0.25, 0.3) is 0 Å². The van der Waals surface area contributed by atoms with Gasteiger partial charge in [0.15, 0.2) is 0 Å². The second-order valence-corrected chi connectivity index (χ2v) is 9.35. The molecule has 0 atom stereocenters. The van der Waals surface area contributed by atoms with Crippen LogP contribution in [0.2, 0.25) is 0 Å². The Hall–Kier alpha value is -3.85. The maximum atomic E-state index is 4.48. The van der Waals surface area contributed by atoms with Gasteiger partial charge in [-0.2, -0.15) is 0 Å². The number of allylic oxidation sites excluding steroid dienone is 3. The van der Waals surface area contributed by atoms with E-state index in [9.17, 15) is 0 Å². The van der Waals surface area contributed by atoms with Gasteiger partial charge in [-0.15, -0.1) is 0 Å². The third-order valence-corrected chi connectivity index (χ3v) is 7.12. The van der Waals surface area contributed by atoms with Crippen molar-refractivity contribution < 1.29 is 0 Å². The van der Waals surface area contributed by atoms with Gasteiger partial charge in [-0.05, 0) is 60.9 Å². The number of rotatable bonds is 3. The summed E-state index contributed by atoms with van der Waals surface area (Å²) >= 11 is 0. The van der Waals surface area contributed by atoms with Gasteiger partial charge in [0.05, 0.1) is 17.1 Å². The molecule has 0 bridgehead atoms. The average molecular weight is 430 g/mol. The van der Waals surface area contributed by atoms with Crippen LogP contribution in [0.25, 0.3) is 33.9 Å². The standard InChI is InChI=1S/C30H27N3/c1-5-10-24(31-6-2)19-15-16-25-21(17-19)20-11-9-14-26-22(29(20)32-25)18-28-30(3,4)23-12-7-8-13-27(23)33(26)28/h5-10,12-18,32H,2,11H2,1,3-4H3/b10-5-,31-24?. The second kappa shape index (κ2) is 7.08. The third-order valence-electron chi connectivity index (χ3n) is 7.12. The fraction of sp³-hybridized carbons (Fsp3) is 0.167. The zero-order valence-electron chi connectivity index (χ0n) is 19.3. The van der Waals surface area contributed by atoms with Crippen LogP contribution in [0, 0.1) is 0 Å². The lowest BCUT2D eigenvalue weighted by molar-refractivity contribution is 0.642. The summed E-state index contributed by atoms with van der Waals surface area (Å²) in [6, 6.07) is 17.8. The van der Waals surface area contributed by atoms with Crippen LogP contribution >= 0.6 is 0 Å². The van der Waals surface area contributed by atoms with Gasteiger partial charge in [-0.25, -0.2) is 0 Å². The molecular formula is C30H27N3. The van der Waals surface area contributed by atoms with Gasteiger partial charge in [0.2, 0.25) is 0 Å². The molecule has 0 radical (unpaired) electrons. The monoisotopic (exact) mass is 429 g/mol. The highest BCUT2D eigenvalue weighted by atomic mass is 15.0. The molecule has 2 aliphatic rings. The van der Waals surface area contributed by atoms with Crippen LogP contribution in [0.5, 0.6) is 0 Å². The van der Waals surface area contributed by atoms with Gasteiger partial charge in [-0.3, -0.25) is 4.99 Å². The number of nitrogens with zero attached hydrogens (tertiary/aromatic N) is 2. The predicted octanol–water partition coefficient (Wildman–Crippen LogP) is 7.34. The van der Waals surface area contributed by atoms with Gasteiger partial charge in [-0.1, -0.05) is 56.8 Å². The molecule has 1 aliphatic heterocycles. The van der Waals surface area contributed by atoms with Crippen LogP contribution in [0.15, 0.2) is 84.5 Å². The van der Waals surface area contributed by atoms with Crippen LogP contribution in [0.3, 0.4) is 0 Å². The first kappa shape index (κ1) is 19.8. The van der Waals surface area contributed by atoms with E-state index in [1.165, 1.54) is 44.8 Å². The van der Waals surface area contributed by atoms with E-state index in [2.05, 4.69) is 95.7 Å². The lowest BCUT2D eigenvalue weighted by atomic mass is 9.83. The molecule has 0 spiro atoms.